The Morgan fingerprint density at radius 3 is 1.00 bits per heavy atom. The van der Waals surface area contributed by atoms with E-state index in [9.17, 15) is 9.59 Å². The van der Waals surface area contributed by atoms with Crippen LogP contribution < -0.4 is 0 Å². The molecule has 0 saturated heterocycles. The van der Waals surface area contributed by atoms with Crippen molar-refractivity contribution in [3.8, 4) is 0 Å². The zero-order valence-corrected chi connectivity index (χ0v) is 15.2. The molecule has 0 atom stereocenters. The summed E-state index contributed by atoms with van der Waals surface area (Å²) in [5.41, 5.74) is 0.352. The van der Waals surface area contributed by atoms with Crippen LogP contribution >= 0.6 is 0 Å². The molecular formula is C8H16BaO8S. The second-order valence-corrected chi connectivity index (χ2v) is 3.51. The Kier molecular flexibility index (Phi) is 19.5. The molecule has 0 aliphatic rings. The van der Waals surface area contributed by atoms with Gasteiger partial charge in [-0.05, 0) is 13.8 Å². The maximum Gasteiger partial charge on any atom is 2.00 e. The summed E-state index contributed by atoms with van der Waals surface area (Å²) >= 11 is 0. The Morgan fingerprint density at radius 1 is 0.944 bits per heavy atom. The fourth-order valence-corrected chi connectivity index (χ4v) is 0. The van der Waals surface area contributed by atoms with Gasteiger partial charge in [-0.15, -0.1) is 0 Å². The van der Waals surface area contributed by atoms with Gasteiger partial charge in [-0.1, -0.05) is 13.2 Å². The van der Waals surface area contributed by atoms with E-state index in [1.807, 2.05) is 0 Å². The van der Waals surface area contributed by atoms with Crippen LogP contribution in [0.3, 0.4) is 0 Å². The van der Waals surface area contributed by atoms with Gasteiger partial charge in [0.1, 0.15) is 0 Å². The average Bonchev–Trinajstić information content (AvgIpc) is 2.01. The third kappa shape index (κ3) is 56.7. The van der Waals surface area contributed by atoms with Crippen molar-refractivity contribution in [2.45, 2.75) is 13.8 Å². The molecule has 8 nitrogen and oxygen atoms in total. The van der Waals surface area contributed by atoms with Gasteiger partial charge in [-0.3, -0.25) is 9.11 Å². The molecular weight excluding hydrogens is 393 g/mol. The minimum absolute atomic E-state index is 0. The van der Waals surface area contributed by atoms with Crippen LogP contribution in [0.25, 0.3) is 0 Å². The molecule has 0 aromatic carbocycles. The summed E-state index contributed by atoms with van der Waals surface area (Å²) in [5, 5.41) is 15.8. The van der Waals surface area contributed by atoms with Gasteiger partial charge in [0, 0.05) is 11.1 Å². The minimum atomic E-state index is -4.67. The van der Waals surface area contributed by atoms with Gasteiger partial charge in [-0.25, -0.2) is 9.59 Å². The van der Waals surface area contributed by atoms with E-state index in [0.29, 0.717) is 0 Å². The van der Waals surface area contributed by atoms with Crippen molar-refractivity contribution in [2.75, 3.05) is 0 Å². The van der Waals surface area contributed by atoms with Gasteiger partial charge in [0.05, 0.1) is 0 Å². The molecule has 18 heavy (non-hydrogen) atoms. The van der Waals surface area contributed by atoms with E-state index >= 15 is 0 Å². The normalized spacial score (nSPS) is 8.22. The number of carbonyl (C=O) groups is 2. The van der Waals surface area contributed by atoms with Gasteiger partial charge in [0.15, 0.2) is 0 Å². The van der Waals surface area contributed by atoms with Crippen LogP contribution in [0.1, 0.15) is 16.7 Å². The third-order valence-corrected chi connectivity index (χ3v) is 0.730. The molecule has 0 radical (unpaired) electrons. The first-order valence-corrected chi connectivity index (χ1v) is 5.16. The molecule has 0 rings (SSSR count). The van der Waals surface area contributed by atoms with E-state index in [-0.39, 0.29) is 62.9 Å². The van der Waals surface area contributed by atoms with Gasteiger partial charge in [0.2, 0.25) is 0 Å². The van der Waals surface area contributed by atoms with Gasteiger partial charge in [-0.2, -0.15) is 8.42 Å². The third-order valence-electron chi connectivity index (χ3n) is 0.730. The SMILES string of the molecule is C=C(C)C(=O)O.C=C(C)C(=O)O.O=S(=O)(O)O.[Ba+2].[H-].[H-]. The largest absolute Gasteiger partial charge is 2.00 e. The Bertz CT molecular complexity index is 351. The van der Waals surface area contributed by atoms with Crippen LogP contribution in [0.4, 0.5) is 0 Å². The van der Waals surface area contributed by atoms with E-state index in [0.717, 1.165) is 0 Å². The molecule has 0 saturated carbocycles. The summed E-state index contributed by atoms with van der Waals surface area (Å²) < 4.78 is 31.6. The topological polar surface area (TPSA) is 149 Å². The van der Waals surface area contributed by atoms with Crippen molar-refractivity contribution in [2.24, 2.45) is 0 Å². The van der Waals surface area contributed by atoms with E-state index in [1.165, 1.54) is 13.8 Å². The van der Waals surface area contributed by atoms with Crippen LogP contribution in [-0.2, 0) is 20.0 Å². The zero-order valence-electron chi connectivity index (χ0n) is 12.0. The van der Waals surface area contributed by atoms with Crippen LogP contribution in [-0.4, -0.2) is 88.6 Å². The second-order valence-electron chi connectivity index (χ2n) is 2.62. The molecule has 0 aliphatic heterocycles. The monoisotopic (exact) mass is 410 g/mol. The summed E-state index contributed by atoms with van der Waals surface area (Å²) in [6.45, 7) is 9.20. The number of carboxylic acids is 2. The molecule has 0 heterocycles. The van der Waals surface area contributed by atoms with E-state index in [1.54, 1.807) is 0 Å². The van der Waals surface area contributed by atoms with E-state index in [4.69, 9.17) is 27.7 Å². The van der Waals surface area contributed by atoms with Crippen LogP contribution in [0.5, 0.6) is 0 Å². The molecule has 10 heteroatoms. The molecule has 0 spiro atoms. The molecule has 104 valence electrons. The number of carboxylic acid groups (broad SMARTS) is 2. The summed E-state index contributed by atoms with van der Waals surface area (Å²) in [4.78, 5) is 19.2. The van der Waals surface area contributed by atoms with Gasteiger partial charge in [0.25, 0.3) is 0 Å². The predicted molar refractivity (Wildman–Crippen MR) is 67.1 cm³/mol. The first kappa shape index (κ1) is 26.4. The fourth-order valence-electron chi connectivity index (χ4n) is 0. The van der Waals surface area contributed by atoms with Crippen molar-refractivity contribution in [1.29, 1.82) is 0 Å². The van der Waals surface area contributed by atoms with Crippen molar-refractivity contribution in [3.63, 3.8) is 0 Å². The zero-order chi connectivity index (χ0) is 14.8. The van der Waals surface area contributed by atoms with Crippen LogP contribution in [0.15, 0.2) is 24.3 Å². The molecule has 0 unspecified atom stereocenters. The number of hydrogen-bond acceptors (Lipinski definition) is 4. The summed E-state index contributed by atoms with van der Waals surface area (Å²) in [7, 11) is -4.67. The fraction of sp³-hybridized carbons (Fsp3) is 0.250. The smallest absolute Gasteiger partial charge is 1.00 e. The van der Waals surface area contributed by atoms with Gasteiger partial charge >= 0.3 is 71.2 Å². The van der Waals surface area contributed by atoms with Crippen LogP contribution in [0.2, 0.25) is 0 Å². The van der Waals surface area contributed by atoms with Gasteiger partial charge < -0.3 is 13.1 Å². The molecule has 0 aromatic heterocycles. The molecule has 0 aromatic rings. The molecule has 4 N–H and O–H groups in total. The maximum atomic E-state index is 9.60. The molecule has 0 amide bonds. The summed E-state index contributed by atoms with van der Waals surface area (Å²) in [6, 6.07) is 0. The van der Waals surface area contributed by atoms with E-state index in [2.05, 4.69) is 13.2 Å². The second kappa shape index (κ2) is 13.3. The Hall–Kier alpha value is -0.139. The summed E-state index contributed by atoms with van der Waals surface area (Å²) in [5.74, 6) is -1.87. The number of hydrogen-bond donors (Lipinski definition) is 4. The quantitative estimate of drug-likeness (QED) is 0.292. The molecule has 0 aliphatic carbocycles. The number of rotatable bonds is 2. The average molecular weight is 410 g/mol. The minimum Gasteiger partial charge on any atom is -1.00 e. The van der Waals surface area contributed by atoms with Crippen molar-refractivity contribution in [1.82, 2.24) is 0 Å². The Balaban J connectivity index is -0.0000000343. The first-order valence-electron chi connectivity index (χ1n) is 3.76. The Morgan fingerprint density at radius 2 is 1.00 bits per heavy atom. The van der Waals surface area contributed by atoms with E-state index < -0.39 is 22.3 Å². The predicted octanol–water partition coefficient (Wildman–Crippen LogP) is 0.486. The Labute approximate surface area is 148 Å². The van der Waals surface area contributed by atoms with Crippen molar-refractivity contribution >= 4 is 71.2 Å². The molecule has 0 fully saturated rings. The first-order chi connectivity index (χ1) is 7.29. The number of aliphatic carboxylic acids is 2. The van der Waals surface area contributed by atoms with Crippen molar-refractivity contribution < 1.29 is 40.2 Å². The summed E-state index contributed by atoms with van der Waals surface area (Å²) in [6.07, 6.45) is 0. The van der Waals surface area contributed by atoms with Crippen molar-refractivity contribution in [3.05, 3.63) is 24.3 Å². The maximum absolute atomic E-state index is 9.60. The standard InChI is InChI=1S/2C4H6O2.Ba.H2O4S.2H/c2*1-3(2)4(5)6;;1-5(2,3)4;;/h2*1H2,2H3,(H,5,6);;(H2,1,2,3,4);;/q;;+2;;2*-1. The molecule has 0 bridgehead atoms. The van der Waals surface area contributed by atoms with Crippen LogP contribution in [0, 0.1) is 0 Å².